The molecule has 8 heteroatoms. The number of anilines is 2. The second-order valence-corrected chi connectivity index (χ2v) is 8.79. The Morgan fingerprint density at radius 3 is 2.41 bits per heavy atom. The Hall–Kier alpha value is -2.35. The third kappa shape index (κ3) is 4.32. The molecule has 146 valence electrons. The van der Waals surface area contributed by atoms with Crippen LogP contribution in [-0.4, -0.2) is 38.8 Å². The number of piperidine rings is 1. The highest BCUT2D eigenvalue weighted by Gasteiger charge is 2.21. The number of hydrogen-bond acceptors (Lipinski definition) is 6. The average Bonchev–Trinajstić information content (AvgIpc) is 2.64. The lowest BCUT2D eigenvalue weighted by Gasteiger charge is -2.30. The van der Waals surface area contributed by atoms with Gasteiger partial charge in [-0.05, 0) is 68.0 Å². The van der Waals surface area contributed by atoms with Crippen LogP contribution in [-0.2, 0) is 10.0 Å². The van der Waals surface area contributed by atoms with Gasteiger partial charge in [-0.3, -0.25) is 4.72 Å². The predicted molar refractivity (Wildman–Crippen MR) is 106 cm³/mol. The molecule has 0 radical (unpaired) electrons. The Kier molecular flexibility index (Phi) is 5.55. The van der Waals surface area contributed by atoms with Crippen molar-refractivity contribution in [3.63, 3.8) is 0 Å². The van der Waals surface area contributed by atoms with Crippen LogP contribution in [0.5, 0.6) is 5.75 Å². The topological polar surface area (TPSA) is 84.4 Å². The van der Waals surface area contributed by atoms with E-state index in [-0.39, 0.29) is 10.7 Å². The van der Waals surface area contributed by atoms with Gasteiger partial charge in [0.25, 0.3) is 10.0 Å². The van der Waals surface area contributed by atoms with Crippen molar-refractivity contribution in [1.29, 1.82) is 0 Å². The second-order valence-electron chi connectivity index (χ2n) is 7.14. The molecular formula is C19H26N4O3S. The summed E-state index contributed by atoms with van der Waals surface area (Å²) < 4.78 is 33.3. The Labute approximate surface area is 160 Å². The van der Waals surface area contributed by atoms with Crippen molar-refractivity contribution in [2.75, 3.05) is 29.8 Å². The van der Waals surface area contributed by atoms with E-state index in [4.69, 9.17) is 4.74 Å². The molecule has 0 amide bonds. The zero-order chi connectivity index (χ0) is 19.6. The summed E-state index contributed by atoms with van der Waals surface area (Å²) >= 11 is 0. The summed E-state index contributed by atoms with van der Waals surface area (Å²) in [6.45, 7) is 7.70. The van der Waals surface area contributed by atoms with Gasteiger partial charge >= 0.3 is 0 Å². The molecule has 1 saturated heterocycles. The van der Waals surface area contributed by atoms with Gasteiger partial charge in [-0.25, -0.2) is 8.42 Å². The highest BCUT2D eigenvalue weighted by atomic mass is 32.2. The average molecular weight is 391 g/mol. The summed E-state index contributed by atoms with van der Waals surface area (Å²) in [6, 6.07) is 6.79. The zero-order valence-electron chi connectivity index (χ0n) is 16.2. The van der Waals surface area contributed by atoms with Gasteiger partial charge < -0.3 is 9.64 Å². The number of rotatable bonds is 5. The number of nitrogens with one attached hydrogen (secondary N) is 1. The molecule has 1 aromatic heterocycles. The number of sulfonamides is 1. The van der Waals surface area contributed by atoms with Crippen LogP contribution in [0.4, 0.5) is 11.6 Å². The number of aryl methyl sites for hydroxylation is 2. The summed E-state index contributed by atoms with van der Waals surface area (Å²) in [5.74, 6) is 2.38. The van der Waals surface area contributed by atoms with Gasteiger partial charge in [-0.2, -0.15) is 0 Å². The first kappa shape index (κ1) is 19.4. The van der Waals surface area contributed by atoms with Crippen LogP contribution in [0.15, 0.2) is 29.2 Å². The van der Waals surface area contributed by atoms with Gasteiger partial charge in [0.1, 0.15) is 5.75 Å². The Balaban J connectivity index is 1.77. The first-order chi connectivity index (χ1) is 12.8. The highest BCUT2D eigenvalue weighted by Crippen LogP contribution is 2.27. The molecule has 1 aliphatic heterocycles. The van der Waals surface area contributed by atoms with E-state index in [2.05, 4.69) is 26.7 Å². The summed E-state index contributed by atoms with van der Waals surface area (Å²) in [5.41, 5.74) is 1.36. The molecule has 1 fully saturated rings. The zero-order valence-corrected chi connectivity index (χ0v) is 17.0. The Morgan fingerprint density at radius 2 is 1.81 bits per heavy atom. The lowest BCUT2D eigenvalue weighted by atomic mass is 9.99. The van der Waals surface area contributed by atoms with E-state index in [0.717, 1.165) is 43.2 Å². The molecule has 1 N–H and O–H groups in total. The molecule has 0 bridgehead atoms. The van der Waals surface area contributed by atoms with Crippen LogP contribution in [0.3, 0.4) is 0 Å². The second kappa shape index (κ2) is 7.72. The first-order valence-corrected chi connectivity index (χ1v) is 10.5. The molecular weight excluding hydrogens is 364 g/mol. The minimum atomic E-state index is -3.76. The fourth-order valence-electron chi connectivity index (χ4n) is 3.25. The lowest BCUT2D eigenvalue weighted by molar-refractivity contribution is 0.411. The number of methoxy groups -OCH3 is 1. The van der Waals surface area contributed by atoms with Crippen molar-refractivity contribution < 1.29 is 13.2 Å². The first-order valence-electron chi connectivity index (χ1n) is 9.07. The minimum absolute atomic E-state index is 0.205. The maximum atomic E-state index is 12.8. The fourth-order valence-corrected chi connectivity index (χ4v) is 4.56. The van der Waals surface area contributed by atoms with Gasteiger partial charge in [0, 0.05) is 13.1 Å². The number of nitrogens with zero attached hydrogens (tertiary/aromatic N) is 3. The van der Waals surface area contributed by atoms with Crippen molar-refractivity contribution in [3.8, 4) is 5.75 Å². The van der Waals surface area contributed by atoms with E-state index in [1.54, 1.807) is 32.2 Å². The van der Waals surface area contributed by atoms with Crippen molar-refractivity contribution >= 4 is 21.7 Å². The molecule has 2 heterocycles. The summed E-state index contributed by atoms with van der Waals surface area (Å²) in [7, 11) is -2.19. The van der Waals surface area contributed by atoms with E-state index in [9.17, 15) is 8.42 Å². The van der Waals surface area contributed by atoms with Crippen LogP contribution in [0.1, 0.15) is 30.9 Å². The van der Waals surface area contributed by atoms with Crippen molar-refractivity contribution in [2.24, 2.45) is 5.92 Å². The van der Waals surface area contributed by atoms with Crippen molar-refractivity contribution in [2.45, 2.75) is 38.5 Å². The minimum Gasteiger partial charge on any atom is -0.496 e. The SMILES string of the molecule is COc1cc(C)c(S(=O)(=O)Nc2ccc(N3CCC(C)CC3)nn2)cc1C. The van der Waals surface area contributed by atoms with Gasteiger partial charge in [0.2, 0.25) is 0 Å². The molecule has 0 saturated carbocycles. The van der Waals surface area contributed by atoms with Crippen LogP contribution in [0, 0.1) is 19.8 Å². The quantitative estimate of drug-likeness (QED) is 0.844. The van der Waals surface area contributed by atoms with Crippen molar-refractivity contribution in [1.82, 2.24) is 10.2 Å². The van der Waals surface area contributed by atoms with Crippen molar-refractivity contribution in [3.05, 3.63) is 35.4 Å². The van der Waals surface area contributed by atoms with Gasteiger partial charge in [-0.1, -0.05) is 6.92 Å². The van der Waals surface area contributed by atoms with Gasteiger partial charge in [0.15, 0.2) is 11.6 Å². The highest BCUT2D eigenvalue weighted by molar-refractivity contribution is 7.92. The molecule has 0 aliphatic carbocycles. The van der Waals surface area contributed by atoms with Gasteiger partial charge in [0.05, 0.1) is 12.0 Å². The summed E-state index contributed by atoms with van der Waals surface area (Å²) in [4.78, 5) is 2.39. The molecule has 2 aromatic rings. The number of ether oxygens (including phenoxy) is 1. The molecule has 27 heavy (non-hydrogen) atoms. The fraction of sp³-hybridized carbons (Fsp3) is 0.474. The summed E-state index contributed by atoms with van der Waals surface area (Å²) in [6.07, 6.45) is 2.26. The van der Waals surface area contributed by atoms with Crippen LogP contribution < -0.4 is 14.4 Å². The van der Waals surface area contributed by atoms with Crippen LogP contribution in [0.2, 0.25) is 0 Å². The lowest BCUT2D eigenvalue weighted by Crippen LogP contribution is -2.33. The van der Waals surface area contributed by atoms with E-state index in [0.29, 0.717) is 11.3 Å². The molecule has 0 unspecified atom stereocenters. The number of aromatic nitrogens is 2. The maximum Gasteiger partial charge on any atom is 0.263 e. The van der Waals surface area contributed by atoms with E-state index in [1.165, 1.54) is 0 Å². The Bertz CT molecular complexity index is 905. The summed E-state index contributed by atoms with van der Waals surface area (Å²) in [5, 5.41) is 8.26. The maximum absolute atomic E-state index is 12.8. The monoisotopic (exact) mass is 390 g/mol. The molecule has 0 spiro atoms. The van der Waals surface area contributed by atoms with Crippen LogP contribution >= 0.6 is 0 Å². The number of benzene rings is 1. The van der Waals surface area contributed by atoms with Gasteiger partial charge in [-0.15, -0.1) is 10.2 Å². The Morgan fingerprint density at radius 1 is 1.11 bits per heavy atom. The third-order valence-corrected chi connectivity index (χ3v) is 6.48. The smallest absolute Gasteiger partial charge is 0.263 e. The molecule has 7 nitrogen and oxygen atoms in total. The predicted octanol–water partition coefficient (Wildman–Crippen LogP) is 3.14. The molecule has 1 aromatic carbocycles. The van der Waals surface area contributed by atoms with E-state index < -0.39 is 10.0 Å². The standard InChI is InChI=1S/C19H26N4O3S/c1-13-7-9-23(10-8-13)19-6-5-18(20-21-19)22-27(24,25)17-12-14(2)16(26-4)11-15(17)3/h5-6,11-13H,7-10H2,1-4H3,(H,20,22). The van der Waals surface area contributed by atoms with E-state index in [1.807, 2.05) is 13.0 Å². The van der Waals surface area contributed by atoms with E-state index >= 15 is 0 Å². The molecule has 3 rings (SSSR count). The largest absolute Gasteiger partial charge is 0.496 e. The normalized spacial score (nSPS) is 15.6. The third-order valence-electron chi connectivity index (χ3n) is 4.98. The number of hydrogen-bond donors (Lipinski definition) is 1. The molecule has 0 atom stereocenters. The van der Waals surface area contributed by atoms with Crippen LogP contribution in [0.25, 0.3) is 0 Å². The molecule has 1 aliphatic rings.